The molecule has 1 aliphatic rings. The lowest BCUT2D eigenvalue weighted by Gasteiger charge is -2.25. The van der Waals surface area contributed by atoms with Crippen molar-refractivity contribution in [1.82, 2.24) is 10.6 Å². The van der Waals surface area contributed by atoms with Crippen LogP contribution in [0.4, 0.5) is 0 Å². The third-order valence-electron chi connectivity index (χ3n) is 4.06. The summed E-state index contributed by atoms with van der Waals surface area (Å²) in [5, 5.41) is 8.27. The third kappa shape index (κ3) is 2.24. The molecule has 1 saturated heterocycles. The van der Waals surface area contributed by atoms with Crippen molar-refractivity contribution in [2.45, 2.75) is 6.04 Å². The Bertz CT molecular complexity index is 742. The number of hydrogen-bond donors (Lipinski definition) is 2. The SMILES string of the molecule is c1ccc(-c2oc3ccccc3c2C2CNCCN2)cc1. The van der Waals surface area contributed by atoms with E-state index in [0.29, 0.717) is 0 Å². The van der Waals surface area contributed by atoms with Gasteiger partial charge in [0.25, 0.3) is 0 Å². The number of benzene rings is 2. The smallest absolute Gasteiger partial charge is 0.140 e. The van der Waals surface area contributed by atoms with Gasteiger partial charge in [-0.15, -0.1) is 0 Å². The lowest BCUT2D eigenvalue weighted by atomic mass is 9.98. The fourth-order valence-corrected chi connectivity index (χ4v) is 3.07. The van der Waals surface area contributed by atoms with Crippen molar-refractivity contribution < 1.29 is 4.42 Å². The molecular weight excluding hydrogens is 260 g/mol. The van der Waals surface area contributed by atoms with E-state index in [1.54, 1.807) is 0 Å². The fourth-order valence-electron chi connectivity index (χ4n) is 3.07. The summed E-state index contributed by atoms with van der Waals surface area (Å²) in [6.45, 7) is 2.94. The maximum absolute atomic E-state index is 6.17. The molecule has 0 radical (unpaired) electrons. The van der Waals surface area contributed by atoms with Gasteiger partial charge in [0, 0.05) is 42.2 Å². The molecule has 2 N–H and O–H groups in total. The van der Waals surface area contributed by atoms with Crippen molar-refractivity contribution in [1.29, 1.82) is 0 Å². The molecule has 1 aromatic heterocycles. The summed E-state index contributed by atoms with van der Waals surface area (Å²) in [4.78, 5) is 0. The summed E-state index contributed by atoms with van der Waals surface area (Å²) >= 11 is 0. The number of piperazine rings is 1. The van der Waals surface area contributed by atoms with E-state index in [2.05, 4.69) is 47.0 Å². The second kappa shape index (κ2) is 5.35. The lowest BCUT2D eigenvalue weighted by Crippen LogP contribution is -2.42. The van der Waals surface area contributed by atoms with Crippen molar-refractivity contribution in [2.75, 3.05) is 19.6 Å². The van der Waals surface area contributed by atoms with Gasteiger partial charge in [0.05, 0.1) is 0 Å². The van der Waals surface area contributed by atoms with Crippen LogP contribution >= 0.6 is 0 Å². The van der Waals surface area contributed by atoms with Crippen LogP contribution in [0.1, 0.15) is 11.6 Å². The molecule has 106 valence electrons. The first kappa shape index (κ1) is 12.6. The second-order valence-corrected chi connectivity index (χ2v) is 5.42. The van der Waals surface area contributed by atoms with E-state index in [1.165, 1.54) is 10.9 Å². The number of hydrogen-bond acceptors (Lipinski definition) is 3. The highest BCUT2D eigenvalue weighted by molar-refractivity contribution is 5.88. The van der Waals surface area contributed by atoms with Crippen LogP contribution in [0.3, 0.4) is 0 Å². The molecule has 0 aliphatic carbocycles. The topological polar surface area (TPSA) is 37.2 Å². The zero-order valence-corrected chi connectivity index (χ0v) is 11.8. The summed E-state index contributed by atoms with van der Waals surface area (Å²) in [5.74, 6) is 0.984. The molecule has 0 spiro atoms. The van der Waals surface area contributed by atoms with Crippen molar-refractivity contribution in [3.63, 3.8) is 0 Å². The van der Waals surface area contributed by atoms with E-state index in [0.717, 1.165) is 36.5 Å². The van der Waals surface area contributed by atoms with Gasteiger partial charge in [-0.2, -0.15) is 0 Å². The Morgan fingerprint density at radius 3 is 2.52 bits per heavy atom. The number of para-hydroxylation sites is 1. The first-order chi connectivity index (χ1) is 10.4. The van der Waals surface area contributed by atoms with Crippen molar-refractivity contribution in [3.8, 4) is 11.3 Å². The zero-order chi connectivity index (χ0) is 14.1. The predicted octanol–water partition coefficient (Wildman–Crippen LogP) is 3.33. The minimum absolute atomic E-state index is 0.289. The summed E-state index contributed by atoms with van der Waals surface area (Å²) in [6.07, 6.45) is 0. The van der Waals surface area contributed by atoms with Crippen LogP contribution in [0.2, 0.25) is 0 Å². The molecule has 0 amide bonds. The predicted molar refractivity (Wildman–Crippen MR) is 85.3 cm³/mol. The summed E-state index contributed by atoms with van der Waals surface area (Å²) < 4.78 is 6.17. The molecule has 0 bridgehead atoms. The fraction of sp³-hybridized carbons (Fsp3) is 0.222. The third-order valence-corrected chi connectivity index (χ3v) is 4.06. The molecule has 3 aromatic rings. The molecule has 4 rings (SSSR count). The second-order valence-electron chi connectivity index (χ2n) is 5.42. The highest BCUT2D eigenvalue weighted by Gasteiger charge is 2.24. The highest BCUT2D eigenvalue weighted by Crippen LogP contribution is 2.37. The van der Waals surface area contributed by atoms with Gasteiger partial charge in [0.2, 0.25) is 0 Å². The zero-order valence-electron chi connectivity index (χ0n) is 11.8. The maximum Gasteiger partial charge on any atom is 0.140 e. The van der Waals surface area contributed by atoms with Crippen molar-refractivity contribution in [3.05, 3.63) is 60.2 Å². The number of rotatable bonds is 2. The number of nitrogens with one attached hydrogen (secondary N) is 2. The molecule has 3 heteroatoms. The molecule has 1 atom stereocenters. The van der Waals surface area contributed by atoms with Crippen LogP contribution in [0.15, 0.2) is 59.0 Å². The Labute approximate surface area is 124 Å². The van der Waals surface area contributed by atoms with Crippen LogP contribution in [0.5, 0.6) is 0 Å². The maximum atomic E-state index is 6.17. The number of fused-ring (bicyclic) bond motifs is 1. The van der Waals surface area contributed by atoms with E-state index in [9.17, 15) is 0 Å². The van der Waals surface area contributed by atoms with Gasteiger partial charge in [-0.25, -0.2) is 0 Å². The minimum Gasteiger partial charge on any atom is -0.456 e. The van der Waals surface area contributed by atoms with Gasteiger partial charge in [0.15, 0.2) is 0 Å². The largest absolute Gasteiger partial charge is 0.456 e. The molecular formula is C18H18N2O. The Morgan fingerprint density at radius 1 is 0.905 bits per heavy atom. The molecule has 2 heterocycles. The van der Waals surface area contributed by atoms with E-state index in [4.69, 9.17) is 4.42 Å². The van der Waals surface area contributed by atoms with Gasteiger partial charge in [0.1, 0.15) is 11.3 Å². The summed E-state index contributed by atoms with van der Waals surface area (Å²) in [6, 6.07) is 18.9. The Morgan fingerprint density at radius 2 is 1.71 bits per heavy atom. The van der Waals surface area contributed by atoms with Crippen LogP contribution in [-0.4, -0.2) is 19.6 Å². The standard InChI is InChI=1S/C18H18N2O/c1-2-6-13(7-3-1)18-17(15-12-19-10-11-20-15)14-8-4-5-9-16(14)21-18/h1-9,15,19-20H,10-12H2. The molecule has 1 fully saturated rings. The van der Waals surface area contributed by atoms with E-state index >= 15 is 0 Å². The van der Waals surface area contributed by atoms with E-state index in [-0.39, 0.29) is 6.04 Å². The highest BCUT2D eigenvalue weighted by atomic mass is 16.3. The van der Waals surface area contributed by atoms with Crippen LogP contribution in [-0.2, 0) is 0 Å². The van der Waals surface area contributed by atoms with Gasteiger partial charge < -0.3 is 15.1 Å². The van der Waals surface area contributed by atoms with Gasteiger partial charge >= 0.3 is 0 Å². The first-order valence-corrected chi connectivity index (χ1v) is 7.44. The monoisotopic (exact) mass is 278 g/mol. The van der Waals surface area contributed by atoms with E-state index < -0.39 is 0 Å². The quantitative estimate of drug-likeness (QED) is 0.755. The summed E-state index contributed by atoms with van der Waals surface area (Å²) in [7, 11) is 0. The van der Waals surface area contributed by atoms with Crippen molar-refractivity contribution >= 4 is 11.0 Å². The molecule has 1 aliphatic heterocycles. The molecule has 3 nitrogen and oxygen atoms in total. The molecule has 1 unspecified atom stereocenters. The molecule has 2 aromatic carbocycles. The van der Waals surface area contributed by atoms with Crippen LogP contribution in [0.25, 0.3) is 22.3 Å². The summed E-state index contributed by atoms with van der Waals surface area (Å²) in [5.41, 5.74) is 3.36. The normalized spacial score (nSPS) is 19.0. The molecule has 0 saturated carbocycles. The average molecular weight is 278 g/mol. The minimum atomic E-state index is 0.289. The first-order valence-electron chi connectivity index (χ1n) is 7.44. The lowest BCUT2D eigenvalue weighted by molar-refractivity contribution is 0.429. The van der Waals surface area contributed by atoms with Crippen LogP contribution in [0, 0.1) is 0 Å². The Kier molecular flexibility index (Phi) is 3.22. The van der Waals surface area contributed by atoms with Gasteiger partial charge in [-0.1, -0.05) is 48.5 Å². The van der Waals surface area contributed by atoms with Crippen LogP contribution < -0.4 is 10.6 Å². The average Bonchev–Trinajstić information content (AvgIpc) is 2.96. The molecule has 21 heavy (non-hydrogen) atoms. The van der Waals surface area contributed by atoms with Gasteiger partial charge in [-0.3, -0.25) is 0 Å². The number of furan rings is 1. The van der Waals surface area contributed by atoms with Crippen molar-refractivity contribution in [2.24, 2.45) is 0 Å². The Hall–Kier alpha value is -2.10. The Balaban J connectivity index is 1.92. The van der Waals surface area contributed by atoms with Gasteiger partial charge in [-0.05, 0) is 6.07 Å². The van der Waals surface area contributed by atoms with E-state index in [1.807, 2.05) is 18.2 Å².